The zero-order valence-corrected chi connectivity index (χ0v) is 15.5. The van der Waals surface area contributed by atoms with E-state index in [4.69, 9.17) is 9.26 Å². The molecule has 0 N–H and O–H groups in total. The Hall–Kier alpha value is -2.60. The number of methoxy groups -OCH3 is 1. The number of nitrogens with zero attached hydrogens (tertiary/aromatic N) is 2. The molecule has 1 amide bonds. The van der Waals surface area contributed by atoms with Gasteiger partial charge in [0.15, 0.2) is 11.5 Å². The van der Waals surface area contributed by atoms with E-state index in [2.05, 4.69) is 21.1 Å². The van der Waals surface area contributed by atoms with Gasteiger partial charge in [-0.2, -0.15) is 0 Å². The van der Waals surface area contributed by atoms with Crippen LogP contribution in [0.4, 0.5) is 0 Å². The van der Waals surface area contributed by atoms with Crippen LogP contribution in [0.3, 0.4) is 0 Å². The minimum absolute atomic E-state index is 0.208. The lowest BCUT2D eigenvalue weighted by molar-refractivity contribution is 0.0774. The number of aromatic nitrogens is 1. The van der Waals surface area contributed by atoms with E-state index >= 15 is 0 Å². The molecule has 0 saturated heterocycles. The van der Waals surface area contributed by atoms with Gasteiger partial charge in [-0.3, -0.25) is 4.79 Å². The zero-order chi connectivity index (χ0) is 17.8. The van der Waals surface area contributed by atoms with Gasteiger partial charge in [-0.05, 0) is 23.8 Å². The Morgan fingerprint density at radius 2 is 1.92 bits per heavy atom. The average Bonchev–Trinajstić information content (AvgIpc) is 3.12. The fourth-order valence-electron chi connectivity index (χ4n) is 2.50. The van der Waals surface area contributed by atoms with Crippen LogP contribution >= 0.6 is 15.9 Å². The van der Waals surface area contributed by atoms with Crippen molar-refractivity contribution in [2.45, 2.75) is 6.54 Å². The Labute approximate surface area is 154 Å². The Morgan fingerprint density at radius 3 is 2.68 bits per heavy atom. The third-order valence-corrected chi connectivity index (χ3v) is 4.59. The van der Waals surface area contributed by atoms with E-state index in [-0.39, 0.29) is 11.6 Å². The standard InChI is InChI=1S/C19H17BrN2O3/c1-22(12-13-7-3-5-9-15(13)20)19(23)16-11-18(25-21-16)14-8-4-6-10-17(14)24-2/h3-11H,12H2,1-2H3. The molecule has 1 aromatic heterocycles. The summed E-state index contributed by atoms with van der Waals surface area (Å²) < 4.78 is 11.6. The maximum Gasteiger partial charge on any atom is 0.276 e. The quantitative estimate of drug-likeness (QED) is 0.637. The van der Waals surface area contributed by atoms with Crippen LogP contribution in [-0.2, 0) is 6.54 Å². The Balaban J connectivity index is 1.80. The smallest absolute Gasteiger partial charge is 0.276 e. The van der Waals surface area contributed by atoms with Crippen molar-refractivity contribution >= 4 is 21.8 Å². The van der Waals surface area contributed by atoms with Crippen LogP contribution < -0.4 is 4.74 Å². The number of amides is 1. The summed E-state index contributed by atoms with van der Waals surface area (Å²) in [5, 5.41) is 3.92. The van der Waals surface area contributed by atoms with Crippen molar-refractivity contribution in [2.24, 2.45) is 0 Å². The third kappa shape index (κ3) is 3.74. The van der Waals surface area contributed by atoms with Gasteiger partial charge < -0.3 is 14.2 Å². The van der Waals surface area contributed by atoms with Crippen molar-refractivity contribution in [3.8, 4) is 17.1 Å². The molecular weight excluding hydrogens is 384 g/mol. The van der Waals surface area contributed by atoms with Gasteiger partial charge in [-0.1, -0.05) is 51.4 Å². The second-order valence-electron chi connectivity index (χ2n) is 5.53. The van der Waals surface area contributed by atoms with Gasteiger partial charge in [0.25, 0.3) is 5.91 Å². The van der Waals surface area contributed by atoms with Gasteiger partial charge >= 0.3 is 0 Å². The molecule has 2 aromatic carbocycles. The van der Waals surface area contributed by atoms with Gasteiger partial charge in [0.05, 0.1) is 12.7 Å². The number of benzene rings is 2. The van der Waals surface area contributed by atoms with Crippen molar-refractivity contribution in [1.29, 1.82) is 0 Å². The third-order valence-electron chi connectivity index (χ3n) is 3.81. The molecule has 25 heavy (non-hydrogen) atoms. The van der Waals surface area contributed by atoms with E-state index < -0.39 is 0 Å². The van der Waals surface area contributed by atoms with Crippen molar-refractivity contribution in [3.05, 3.63) is 70.3 Å². The molecule has 5 nitrogen and oxygen atoms in total. The lowest BCUT2D eigenvalue weighted by Crippen LogP contribution is -2.26. The molecular formula is C19H17BrN2O3. The van der Waals surface area contributed by atoms with Gasteiger partial charge in [-0.15, -0.1) is 0 Å². The Morgan fingerprint density at radius 1 is 1.20 bits per heavy atom. The second-order valence-corrected chi connectivity index (χ2v) is 6.38. The molecule has 0 aliphatic carbocycles. The molecule has 0 spiro atoms. The molecule has 128 valence electrons. The lowest BCUT2D eigenvalue weighted by Gasteiger charge is -2.16. The summed E-state index contributed by atoms with van der Waals surface area (Å²) in [6, 6.07) is 16.9. The normalized spacial score (nSPS) is 10.5. The number of carbonyl (C=O) groups excluding carboxylic acids is 1. The second kappa shape index (κ2) is 7.53. The first kappa shape index (κ1) is 17.2. The molecule has 6 heteroatoms. The maximum atomic E-state index is 12.6. The van der Waals surface area contributed by atoms with Crippen LogP contribution in [0.1, 0.15) is 16.1 Å². The summed E-state index contributed by atoms with van der Waals surface area (Å²) in [5.41, 5.74) is 2.03. The molecule has 0 bridgehead atoms. The van der Waals surface area contributed by atoms with E-state index in [0.29, 0.717) is 18.1 Å². The summed E-state index contributed by atoms with van der Waals surface area (Å²) in [6.07, 6.45) is 0. The van der Waals surface area contributed by atoms with Crippen LogP contribution in [0.5, 0.6) is 5.75 Å². The Bertz CT molecular complexity index is 892. The van der Waals surface area contributed by atoms with Crippen molar-refractivity contribution < 1.29 is 14.1 Å². The number of halogens is 1. The summed E-state index contributed by atoms with van der Waals surface area (Å²) in [4.78, 5) is 14.2. The van der Waals surface area contributed by atoms with Gasteiger partial charge in [0, 0.05) is 24.1 Å². The van der Waals surface area contributed by atoms with Crippen molar-refractivity contribution in [3.63, 3.8) is 0 Å². The van der Waals surface area contributed by atoms with Crippen LogP contribution in [-0.4, -0.2) is 30.1 Å². The first-order chi connectivity index (χ1) is 12.1. The first-order valence-corrected chi connectivity index (χ1v) is 8.48. The largest absolute Gasteiger partial charge is 0.496 e. The number of para-hydroxylation sites is 1. The number of ether oxygens (including phenoxy) is 1. The molecule has 3 rings (SSSR count). The molecule has 0 aliphatic heterocycles. The first-order valence-electron chi connectivity index (χ1n) is 7.69. The highest BCUT2D eigenvalue weighted by atomic mass is 79.9. The molecule has 0 unspecified atom stereocenters. The average molecular weight is 401 g/mol. The zero-order valence-electron chi connectivity index (χ0n) is 13.9. The lowest BCUT2D eigenvalue weighted by atomic mass is 10.1. The van der Waals surface area contributed by atoms with Crippen LogP contribution in [0, 0.1) is 0 Å². The minimum Gasteiger partial charge on any atom is -0.496 e. The molecule has 0 aliphatic rings. The summed E-state index contributed by atoms with van der Waals surface area (Å²) >= 11 is 3.49. The summed E-state index contributed by atoms with van der Waals surface area (Å²) in [5.74, 6) is 0.954. The monoisotopic (exact) mass is 400 g/mol. The maximum absolute atomic E-state index is 12.6. The van der Waals surface area contributed by atoms with E-state index in [9.17, 15) is 4.79 Å². The number of hydrogen-bond acceptors (Lipinski definition) is 4. The number of hydrogen-bond donors (Lipinski definition) is 0. The fraction of sp³-hybridized carbons (Fsp3) is 0.158. The number of carbonyl (C=O) groups is 1. The molecule has 1 heterocycles. The van der Waals surface area contributed by atoms with Crippen LogP contribution in [0.25, 0.3) is 11.3 Å². The molecule has 0 atom stereocenters. The highest BCUT2D eigenvalue weighted by Gasteiger charge is 2.19. The van der Waals surface area contributed by atoms with E-state index in [1.165, 1.54) is 0 Å². The topological polar surface area (TPSA) is 55.6 Å². The Kier molecular flexibility index (Phi) is 5.19. The van der Waals surface area contributed by atoms with Crippen molar-refractivity contribution in [1.82, 2.24) is 10.1 Å². The highest BCUT2D eigenvalue weighted by molar-refractivity contribution is 9.10. The van der Waals surface area contributed by atoms with Gasteiger partial charge in [0.1, 0.15) is 5.75 Å². The van der Waals surface area contributed by atoms with E-state index in [1.807, 2.05) is 48.5 Å². The fourth-order valence-corrected chi connectivity index (χ4v) is 2.91. The predicted octanol–water partition coefficient (Wildman–Crippen LogP) is 4.38. The predicted molar refractivity (Wildman–Crippen MR) is 98.4 cm³/mol. The van der Waals surface area contributed by atoms with Crippen LogP contribution in [0.15, 0.2) is 63.6 Å². The summed E-state index contributed by atoms with van der Waals surface area (Å²) in [6.45, 7) is 0.469. The molecule has 3 aromatic rings. The molecule has 0 saturated carbocycles. The molecule has 0 radical (unpaired) electrons. The van der Waals surface area contributed by atoms with E-state index in [1.54, 1.807) is 25.1 Å². The minimum atomic E-state index is -0.208. The van der Waals surface area contributed by atoms with Crippen molar-refractivity contribution in [2.75, 3.05) is 14.2 Å². The van der Waals surface area contributed by atoms with Gasteiger partial charge in [0.2, 0.25) is 0 Å². The summed E-state index contributed by atoms with van der Waals surface area (Å²) in [7, 11) is 3.33. The molecule has 0 fully saturated rings. The van der Waals surface area contributed by atoms with E-state index in [0.717, 1.165) is 15.6 Å². The highest BCUT2D eigenvalue weighted by Crippen LogP contribution is 2.30. The number of rotatable bonds is 5. The SMILES string of the molecule is COc1ccccc1-c1cc(C(=O)N(C)Cc2ccccc2Br)no1. The van der Waals surface area contributed by atoms with Gasteiger partial charge in [-0.25, -0.2) is 0 Å². The van der Waals surface area contributed by atoms with Crippen LogP contribution in [0.2, 0.25) is 0 Å².